The first-order valence-electron chi connectivity index (χ1n) is 18.0. The van der Waals surface area contributed by atoms with Crippen molar-refractivity contribution in [3.05, 3.63) is 60.7 Å². The van der Waals surface area contributed by atoms with E-state index in [9.17, 15) is 9.59 Å². The SMILES string of the molecule is C=C(C)C(=O)OC1(C(C)C)C2CC3CC(C2)CC1C3.C=C(C)C(=O)OC1(C(C)C)CCCC1.C=Cc1ccc(OC(C)OCC)cc1. The molecule has 0 saturated heterocycles. The van der Waals surface area contributed by atoms with Gasteiger partial charge in [0.15, 0.2) is 6.29 Å². The zero-order valence-electron chi connectivity index (χ0n) is 30.6. The van der Waals surface area contributed by atoms with Gasteiger partial charge in [-0.1, -0.05) is 65.6 Å². The summed E-state index contributed by atoms with van der Waals surface area (Å²) in [5.74, 6) is 4.19. The molecule has 0 aromatic heterocycles. The molecule has 0 amide bonds. The maximum absolute atomic E-state index is 12.1. The zero-order valence-corrected chi connectivity index (χ0v) is 30.6. The van der Waals surface area contributed by atoms with Crippen molar-refractivity contribution < 1.29 is 28.5 Å². The van der Waals surface area contributed by atoms with Crippen LogP contribution in [0.15, 0.2) is 55.1 Å². The molecule has 4 bridgehead atoms. The first kappa shape index (κ1) is 38.6. The molecule has 1 aromatic carbocycles. The quantitative estimate of drug-likeness (QED) is 0.135. The Morgan fingerprint density at radius 1 is 0.809 bits per heavy atom. The molecule has 1 unspecified atom stereocenters. The molecule has 6 nitrogen and oxygen atoms in total. The van der Waals surface area contributed by atoms with Gasteiger partial charge >= 0.3 is 11.9 Å². The van der Waals surface area contributed by atoms with E-state index in [4.69, 9.17) is 18.9 Å². The molecular formula is C41H62O6. The van der Waals surface area contributed by atoms with Gasteiger partial charge in [0, 0.05) is 17.8 Å². The van der Waals surface area contributed by atoms with Crippen LogP contribution in [-0.4, -0.2) is 36.0 Å². The van der Waals surface area contributed by atoms with Crippen molar-refractivity contribution >= 4 is 18.0 Å². The van der Waals surface area contributed by atoms with Crippen molar-refractivity contribution in [1.29, 1.82) is 0 Å². The predicted molar refractivity (Wildman–Crippen MR) is 191 cm³/mol. The Labute approximate surface area is 285 Å². The van der Waals surface area contributed by atoms with E-state index in [1.807, 2.05) is 38.1 Å². The molecule has 262 valence electrons. The third kappa shape index (κ3) is 9.62. The standard InChI is InChI=1S/C17H26O2.C12H20O2.C12H16O2/c1-10(2)16(18)19-17(11(3)4)14-6-12-5-13(8-14)9-15(17)7-12;1-9(2)11(13)14-12(10(3)4)7-5-6-8-12;1-4-11-6-8-12(9-7-11)14-10(3)13-5-2/h11-15H,1,5-9H2,2-4H3;10H,1,5-8H2,2-4H3;4,6-10H,1,5H2,2-3H3. The highest BCUT2D eigenvalue weighted by molar-refractivity contribution is 5.87. The summed E-state index contributed by atoms with van der Waals surface area (Å²) in [4.78, 5) is 23.6. The maximum atomic E-state index is 12.1. The second-order valence-corrected chi connectivity index (χ2v) is 15.0. The minimum absolute atomic E-state index is 0.179. The van der Waals surface area contributed by atoms with Gasteiger partial charge in [-0.25, -0.2) is 9.59 Å². The number of rotatable bonds is 11. The van der Waals surface area contributed by atoms with E-state index in [2.05, 4.69) is 47.4 Å². The third-order valence-electron chi connectivity index (χ3n) is 10.9. The number of benzene rings is 1. The molecule has 47 heavy (non-hydrogen) atoms. The predicted octanol–water partition coefficient (Wildman–Crippen LogP) is 10.1. The minimum atomic E-state index is -0.236. The summed E-state index contributed by atoms with van der Waals surface area (Å²) in [7, 11) is 0. The molecule has 5 aliphatic rings. The topological polar surface area (TPSA) is 71.1 Å². The molecule has 0 heterocycles. The van der Waals surface area contributed by atoms with E-state index < -0.39 is 0 Å². The van der Waals surface area contributed by atoms with Gasteiger partial charge in [-0.3, -0.25) is 0 Å². The minimum Gasteiger partial charge on any atom is -0.465 e. The summed E-state index contributed by atoms with van der Waals surface area (Å²) in [5.41, 5.74) is 1.70. The van der Waals surface area contributed by atoms with Crippen molar-refractivity contribution in [2.24, 2.45) is 35.5 Å². The van der Waals surface area contributed by atoms with Gasteiger partial charge in [0.05, 0.1) is 0 Å². The van der Waals surface area contributed by atoms with Crippen LogP contribution in [0.3, 0.4) is 0 Å². The average molecular weight is 651 g/mol. The van der Waals surface area contributed by atoms with Crippen LogP contribution < -0.4 is 4.74 Å². The number of hydrogen-bond acceptors (Lipinski definition) is 6. The lowest BCUT2D eigenvalue weighted by Crippen LogP contribution is -2.62. The third-order valence-corrected chi connectivity index (χ3v) is 10.9. The molecule has 6 heteroatoms. The first-order valence-corrected chi connectivity index (χ1v) is 18.0. The molecule has 0 N–H and O–H groups in total. The van der Waals surface area contributed by atoms with Gasteiger partial charge in [0.2, 0.25) is 0 Å². The lowest BCUT2D eigenvalue weighted by molar-refractivity contribution is -0.221. The van der Waals surface area contributed by atoms with Crippen LogP contribution in [0.25, 0.3) is 6.08 Å². The number of carbonyl (C=O) groups is 2. The second-order valence-electron chi connectivity index (χ2n) is 15.0. The Hall–Kier alpha value is -2.86. The normalized spacial score (nSPS) is 27.1. The number of hydrogen-bond donors (Lipinski definition) is 0. The van der Waals surface area contributed by atoms with Gasteiger partial charge in [0.25, 0.3) is 0 Å². The number of carbonyl (C=O) groups excluding carboxylic acids is 2. The largest absolute Gasteiger partial charge is 0.465 e. The van der Waals surface area contributed by atoms with Crippen molar-refractivity contribution in [3.63, 3.8) is 0 Å². The summed E-state index contributed by atoms with van der Waals surface area (Å²) in [6, 6.07) is 7.74. The highest BCUT2D eigenvalue weighted by Gasteiger charge is 2.60. The van der Waals surface area contributed by atoms with Crippen molar-refractivity contribution in [1.82, 2.24) is 0 Å². The van der Waals surface area contributed by atoms with Gasteiger partial charge in [0.1, 0.15) is 17.0 Å². The monoisotopic (exact) mass is 650 g/mol. The van der Waals surface area contributed by atoms with Crippen molar-refractivity contribution in [3.8, 4) is 5.75 Å². The van der Waals surface area contributed by atoms with E-state index in [0.717, 1.165) is 36.0 Å². The summed E-state index contributed by atoms with van der Waals surface area (Å²) in [6.07, 6.45) is 12.5. The zero-order chi connectivity index (χ0) is 34.9. The van der Waals surface area contributed by atoms with Gasteiger partial charge < -0.3 is 18.9 Å². The molecule has 0 spiro atoms. The molecule has 5 aliphatic carbocycles. The van der Waals surface area contributed by atoms with E-state index in [1.54, 1.807) is 19.9 Å². The Kier molecular flexibility index (Phi) is 14.0. The Morgan fingerprint density at radius 3 is 1.70 bits per heavy atom. The summed E-state index contributed by atoms with van der Waals surface area (Å²) < 4.78 is 22.4. The van der Waals surface area contributed by atoms with Crippen LogP contribution in [0, 0.1) is 35.5 Å². The Morgan fingerprint density at radius 2 is 1.30 bits per heavy atom. The summed E-state index contributed by atoms with van der Waals surface area (Å²) in [6.45, 7) is 27.7. The lowest BCUT2D eigenvalue weighted by Gasteiger charge is -2.61. The van der Waals surface area contributed by atoms with Crippen molar-refractivity contribution in [2.45, 2.75) is 131 Å². The van der Waals surface area contributed by atoms with Crippen LogP contribution in [0.4, 0.5) is 0 Å². The van der Waals surface area contributed by atoms with E-state index in [-0.39, 0.29) is 29.4 Å². The maximum Gasteiger partial charge on any atom is 0.333 e. The van der Waals surface area contributed by atoms with Crippen LogP contribution in [-0.2, 0) is 23.8 Å². The highest BCUT2D eigenvalue weighted by atomic mass is 16.7. The molecule has 5 saturated carbocycles. The van der Waals surface area contributed by atoms with E-state index >= 15 is 0 Å². The lowest BCUT2D eigenvalue weighted by atomic mass is 9.47. The molecule has 0 radical (unpaired) electrons. The smallest absolute Gasteiger partial charge is 0.333 e. The van der Waals surface area contributed by atoms with Crippen LogP contribution in [0.1, 0.15) is 119 Å². The number of esters is 2. The second kappa shape index (κ2) is 17.0. The fourth-order valence-electron chi connectivity index (χ4n) is 8.58. The van der Waals surface area contributed by atoms with Gasteiger partial charge in [-0.15, -0.1) is 0 Å². The Balaban J connectivity index is 0.000000196. The molecule has 1 atom stereocenters. The van der Waals surface area contributed by atoms with Crippen LogP contribution >= 0.6 is 0 Å². The highest BCUT2D eigenvalue weighted by Crippen LogP contribution is 2.61. The molecule has 6 rings (SSSR count). The fourth-order valence-corrected chi connectivity index (χ4v) is 8.58. The Bertz CT molecular complexity index is 1190. The van der Waals surface area contributed by atoms with E-state index in [1.165, 1.54) is 44.9 Å². The van der Waals surface area contributed by atoms with Crippen LogP contribution in [0.5, 0.6) is 5.75 Å². The number of ether oxygens (including phenoxy) is 4. The molecule has 0 aliphatic heterocycles. The fraction of sp³-hybridized carbons (Fsp3) is 0.659. The molecule has 5 fully saturated rings. The van der Waals surface area contributed by atoms with E-state index in [0.29, 0.717) is 41.4 Å². The van der Waals surface area contributed by atoms with Crippen molar-refractivity contribution in [2.75, 3.05) is 6.61 Å². The molecular weight excluding hydrogens is 588 g/mol. The average Bonchev–Trinajstić information content (AvgIpc) is 3.49. The molecule has 1 aromatic rings. The van der Waals surface area contributed by atoms with Crippen LogP contribution in [0.2, 0.25) is 0 Å². The first-order chi connectivity index (χ1) is 22.2. The summed E-state index contributed by atoms with van der Waals surface area (Å²) >= 11 is 0. The summed E-state index contributed by atoms with van der Waals surface area (Å²) in [5, 5.41) is 0. The van der Waals surface area contributed by atoms with Gasteiger partial charge in [-0.2, -0.15) is 0 Å². The van der Waals surface area contributed by atoms with Gasteiger partial charge in [-0.05, 0) is 139 Å².